The molecule has 2 aromatic rings. The molecule has 0 aliphatic rings. The largest absolute Gasteiger partial charge is 0.497 e. The van der Waals surface area contributed by atoms with E-state index in [1.54, 1.807) is 31.4 Å². The Morgan fingerprint density at radius 1 is 1.19 bits per heavy atom. The van der Waals surface area contributed by atoms with Crippen LogP contribution in [0.5, 0.6) is 5.75 Å². The molecule has 0 aliphatic carbocycles. The van der Waals surface area contributed by atoms with Crippen molar-refractivity contribution < 1.29 is 9.53 Å². The molecule has 0 N–H and O–H groups in total. The fourth-order valence-electron chi connectivity index (χ4n) is 2.04. The first-order chi connectivity index (χ1) is 10.1. The SMILES string of the molecule is COc1ccc(N(C)CCC(=O)c2cccc(Cl)c2)cc1. The third kappa shape index (κ3) is 4.23. The number of carbonyl (C=O) groups excluding carboxylic acids is 1. The number of halogens is 1. The second kappa shape index (κ2) is 7.14. The molecule has 0 radical (unpaired) electrons. The van der Waals surface area contributed by atoms with Gasteiger partial charge in [-0.3, -0.25) is 4.79 Å². The second-order valence-electron chi connectivity index (χ2n) is 4.80. The van der Waals surface area contributed by atoms with Crippen molar-refractivity contribution in [2.45, 2.75) is 6.42 Å². The van der Waals surface area contributed by atoms with E-state index in [-0.39, 0.29) is 5.78 Å². The number of anilines is 1. The first-order valence-electron chi connectivity index (χ1n) is 6.74. The molecular weight excluding hydrogens is 286 g/mol. The van der Waals surface area contributed by atoms with Crippen molar-refractivity contribution in [3.8, 4) is 5.75 Å². The summed E-state index contributed by atoms with van der Waals surface area (Å²) >= 11 is 5.90. The molecule has 2 rings (SSSR count). The number of hydrogen-bond donors (Lipinski definition) is 0. The van der Waals surface area contributed by atoms with Gasteiger partial charge in [-0.2, -0.15) is 0 Å². The summed E-state index contributed by atoms with van der Waals surface area (Å²) in [6, 6.07) is 14.8. The van der Waals surface area contributed by atoms with Crippen LogP contribution in [0.15, 0.2) is 48.5 Å². The smallest absolute Gasteiger partial charge is 0.164 e. The highest BCUT2D eigenvalue weighted by atomic mass is 35.5. The highest BCUT2D eigenvalue weighted by Gasteiger charge is 2.08. The molecule has 3 nitrogen and oxygen atoms in total. The Balaban J connectivity index is 1.93. The van der Waals surface area contributed by atoms with Crippen molar-refractivity contribution in [1.29, 1.82) is 0 Å². The summed E-state index contributed by atoms with van der Waals surface area (Å²) in [4.78, 5) is 14.2. The zero-order valence-electron chi connectivity index (χ0n) is 12.2. The van der Waals surface area contributed by atoms with Gasteiger partial charge in [0.25, 0.3) is 0 Å². The lowest BCUT2D eigenvalue weighted by Crippen LogP contribution is -2.21. The minimum atomic E-state index is 0.0952. The third-order valence-corrected chi connectivity index (χ3v) is 3.57. The average Bonchev–Trinajstić information content (AvgIpc) is 2.52. The number of carbonyl (C=O) groups is 1. The average molecular weight is 304 g/mol. The van der Waals surface area contributed by atoms with Crippen molar-refractivity contribution in [3.05, 3.63) is 59.1 Å². The van der Waals surface area contributed by atoms with Crippen LogP contribution in [0.4, 0.5) is 5.69 Å². The molecule has 4 heteroatoms. The fraction of sp³-hybridized carbons (Fsp3) is 0.235. The van der Waals surface area contributed by atoms with Gasteiger partial charge in [0.1, 0.15) is 5.75 Å². The van der Waals surface area contributed by atoms with Gasteiger partial charge in [0.15, 0.2) is 5.78 Å². The molecule has 0 fully saturated rings. The summed E-state index contributed by atoms with van der Waals surface area (Å²) in [6.45, 7) is 0.650. The van der Waals surface area contributed by atoms with E-state index < -0.39 is 0 Å². The normalized spacial score (nSPS) is 10.2. The molecule has 0 aromatic heterocycles. The number of rotatable bonds is 6. The van der Waals surface area contributed by atoms with Gasteiger partial charge in [-0.25, -0.2) is 0 Å². The van der Waals surface area contributed by atoms with E-state index in [1.165, 1.54) is 0 Å². The third-order valence-electron chi connectivity index (χ3n) is 3.33. The maximum atomic E-state index is 12.1. The van der Waals surface area contributed by atoms with Gasteiger partial charge in [0.2, 0.25) is 0 Å². The molecule has 2 aromatic carbocycles. The molecule has 0 aliphatic heterocycles. The Morgan fingerprint density at radius 3 is 2.52 bits per heavy atom. The van der Waals surface area contributed by atoms with Crippen LogP contribution in [0.3, 0.4) is 0 Å². The Kier molecular flexibility index (Phi) is 5.23. The van der Waals surface area contributed by atoms with Crippen molar-refractivity contribution in [2.75, 3.05) is 25.6 Å². The van der Waals surface area contributed by atoms with Gasteiger partial charge in [-0.1, -0.05) is 23.7 Å². The van der Waals surface area contributed by atoms with Gasteiger partial charge in [-0.05, 0) is 36.4 Å². The van der Waals surface area contributed by atoms with E-state index in [1.807, 2.05) is 36.2 Å². The minimum absolute atomic E-state index is 0.0952. The van der Waals surface area contributed by atoms with Crippen LogP contribution in [0.2, 0.25) is 5.02 Å². The van der Waals surface area contributed by atoms with Crippen molar-refractivity contribution >= 4 is 23.1 Å². The number of methoxy groups -OCH3 is 1. The monoisotopic (exact) mass is 303 g/mol. The summed E-state index contributed by atoms with van der Waals surface area (Å²) in [6.07, 6.45) is 0.447. The van der Waals surface area contributed by atoms with Crippen LogP contribution in [-0.4, -0.2) is 26.5 Å². The molecule has 0 spiro atoms. The Morgan fingerprint density at radius 2 is 1.90 bits per heavy atom. The number of nitrogens with zero attached hydrogens (tertiary/aromatic N) is 1. The zero-order chi connectivity index (χ0) is 15.2. The van der Waals surface area contributed by atoms with Crippen LogP contribution >= 0.6 is 11.6 Å². The van der Waals surface area contributed by atoms with Gasteiger partial charge in [0.05, 0.1) is 7.11 Å². The van der Waals surface area contributed by atoms with Crippen molar-refractivity contribution in [3.63, 3.8) is 0 Å². The fourth-order valence-corrected chi connectivity index (χ4v) is 2.23. The summed E-state index contributed by atoms with van der Waals surface area (Å²) in [7, 11) is 3.61. The highest BCUT2D eigenvalue weighted by Crippen LogP contribution is 2.19. The minimum Gasteiger partial charge on any atom is -0.497 e. The number of hydrogen-bond acceptors (Lipinski definition) is 3. The van der Waals surface area contributed by atoms with E-state index in [2.05, 4.69) is 0 Å². The second-order valence-corrected chi connectivity index (χ2v) is 5.24. The summed E-state index contributed by atoms with van der Waals surface area (Å²) < 4.78 is 5.13. The molecule has 0 bridgehead atoms. The Bertz CT molecular complexity index is 610. The quantitative estimate of drug-likeness (QED) is 0.754. The lowest BCUT2D eigenvalue weighted by atomic mass is 10.1. The van der Waals surface area contributed by atoms with E-state index in [4.69, 9.17) is 16.3 Å². The van der Waals surface area contributed by atoms with Gasteiger partial charge >= 0.3 is 0 Å². The summed E-state index contributed by atoms with van der Waals surface area (Å²) in [5.41, 5.74) is 1.71. The number of benzene rings is 2. The molecular formula is C17H18ClNO2. The van der Waals surface area contributed by atoms with Crippen LogP contribution in [0.1, 0.15) is 16.8 Å². The Hall–Kier alpha value is -2.00. The zero-order valence-corrected chi connectivity index (χ0v) is 12.9. The maximum Gasteiger partial charge on any atom is 0.164 e. The van der Waals surface area contributed by atoms with Crippen LogP contribution < -0.4 is 9.64 Å². The number of Topliss-reactive ketones (excluding diaryl/α,β-unsaturated/α-hetero) is 1. The standard InChI is InChI=1S/C17H18ClNO2/c1-19(15-6-8-16(21-2)9-7-15)11-10-17(20)13-4-3-5-14(18)12-13/h3-9,12H,10-11H2,1-2H3. The Labute approximate surface area is 130 Å². The number of ketones is 1. The molecule has 0 saturated carbocycles. The van der Waals surface area contributed by atoms with E-state index in [0.29, 0.717) is 23.6 Å². The molecule has 0 atom stereocenters. The molecule has 0 unspecified atom stereocenters. The van der Waals surface area contributed by atoms with E-state index >= 15 is 0 Å². The topological polar surface area (TPSA) is 29.5 Å². The maximum absolute atomic E-state index is 12.1. The molecule has 110 valence electrons. The lowest BCUT2D eigenvalue weighted by molar-refractivity contribution is 0.0985. The van der Waals surface area contributed by atoms with E-state index in [9.17, 15) is 4.79 Å². The van der Waals surface area contributed by atoms with Gasteiger partial charge < -0.3 is 9.64 Å². The van der Waals surface area contributed by atoms with Crippen LogP contribution in [0, 0.1) is 0 Å². The summed E-state index contributed by atoms with van der Waals surface area (Å²) in [5.74, 6) is 0.917. The predicted octanol–water partition coefficient (Wildman–Crippen LogP) is 4.06. The molecule has 0 saturated heterocycles. The molecule has 0 heterocycles. The van der Waals surface area contributed by atoms with Crippen LogP contribution in [-0.2, 0) is 0 Å². The van der Waals surface area contributed by atoms with Crippen molar-refractivity contribution in [2.24, 2.45) is 0 Å². The summed E-state index contributed by atoms with van der Waals surface area (Å²) in [5, 5.41) is 0.587. The first kappa shape index (κ1) is 15.4. The number of ether oxygens (including phenoxy) is 1. The lowest BCUT2D eigenvalue weighted by Gasteiger charge is -2.19. The predicted molar refractivity (Wildman–Crippen MR) is 86.7 cm³/mol. The first-order valence-corrected chi connectivity index (χ1v) is 7.12. The highest BCUT2D eigenvalue weighted by molar-refractivity contribution is 6.31. The van der Waals surface area contributed by atoms with Gasteiger partial charge in [0, 0.05) is 36.3 Å². The molecule has 21 heavy (non-hydrogen) atoms. The van der Waals surface area contributed by atoms with E-state index in [0.717, 1.165) is 11.4 Å². The molecule has 0 amide bonds. The van der Waals surface area contributed by atoms with Gasteiger partial charge in [-0.15, -0.1) is 0 Å². The van der Waals surface area contributed by atoms with Crippen molar-refractivity contribution in [1.82, 2.24) is 0 Å². The van der Waals surface area contributed by atoms with Crippen LogP contribution in [0.25, 0.3) is 0 Å².